The van der Waals surface area contributed by atoms with Gasteiger partial charge in [0.2, 0.25) is 0 Å². The van der Waals surface area contributed by atoms with Crippen molar-refractivity contribution in [2.45, 2.75) is 32.4 Å². The predicted octanol–water partition coefficient (Wildman–Crippen LogP) is 1.23. The minimum absolute atomic E-state index is 0.0157. The van der Waals surface area contributed by atoms with E-state index in [0.717, 1.165) is 11.2 Å². The first-order valence-corrected chi connectivity index (χ1v) is 5.46. The van der Waals surface area contributed by atoms with Gasteiger partial charge in [0.15, 0.2) is 11.8 Å². The zero-order valence-electron chi connectivity index (χ0n) is 9.59. The van der Waals surface area contributed by atoms with E-state index in [1.165, 1.54) is 6.07 Å². The van der Waals surface area contributed by atoms with Gasteiger partial charge in [-0.25, -0.2) is 4.74 Å². The van der Waals surface area contributed by atoms with Crippen molar-refractivity contribution in [1.82, 2.24) is 4.57 Å². The Morgan fingerprint density at radius 3 is 2.88 bits per heavy atom. The number of rotatable bonds is 2. The molecule has 2 rings (SSSR count). The third-order valence-corrected chi connectivity index (χ3v) is 3.03. The van der Waals surface area contributed by atoms with Gasteiger partial charge in [-0.05, 0) is 6.07 Å². The van der Waals surface area contributed by atoms with Crippen molar-refractivity contribution >= 4 is 6.21 Å². The Morgan fingerprint density at radius 1 is 1.56 bits per heavy atom. The van der Waals surface area contributed by atoms with Gasteiger partial charge in [0.1, 0.15) is 0 Å². The monoisotopic (exact) mass is 220 g/mol. The van der Waals surface area contributed by atoms with Crippen LogP contribution < -0.4 is 5.56 Å². The topological polar surface area (TPSA) is 48.1 Å². The predicted molar refractivity (Wildman–Crippen MR) is 62.6 cm³/mol. The van der Waals surface area contributed by atoms with Gasteiger partial charge in [-0.1, -0.05) is 6.07 Å². The molecule has 0 spiro atoms. The molecule has 4 nitrogen and oxygen atoms in total. The lowest BCUT2D eigenvalue weighted by molar-refractivity contribution is -0.527. The lowest BCUT2D eigenvalue weighted by Gasteiger charge is -2.17. The first-order chi connectivity index (χ1) is 7.49. The molecule has 1 aliphatic rings. The van der Waals surface area contributed by atoms with E-state index in [4.69, 9.17) is 0 Å². The number of hydrogen-bond donors (Lipinski definition) is 0. The van der Waals surface area contributed by atoms with Crippen LogP contribution in [-0.4, -0.2) is 21.1 Å². The molecule has 0 N–H and O–H groups in total. The number of pyridine rings is 1. The van der Waals surface area contributed by atoms with Gasteiger partial charge in [-0.15, -0.1) is 0 Å². The smallest absolute Gasteiger partial charge is 0.250 e. The van der Waals surface area contributed by atoms with Gasteiger partial charge in [0.05, 0.1) is 5.92 Å². The van der Waals surface area contributed by atoms with Crippen LogP contribution in [-0.2, 0) is 6.54 Å². The number of hydroxylamine groups is 1. The maximum atomic E-state index is 11.6. The summed E-state index contributed by atoms with van der Waals surface area (Å²) in [5.74, 6) is 0.146. The Balaban J connectivity index is 2.15. The van der Waals surface area contributed by atoms with Crippen molar-refractivity contribution in [3.63, 3.8) is 0 Å². The zero-order chi connectivity index (χ0) is 11.8. The molecule has 1 aliphatic heterocycles. The highest BCUT2D eigenvalue weighted by Gasteiger charge is 2.37. The summed E-state index contributed by atoms with van der Waals surface area (Å²) in [5.41, 5.74) is -0.360. The quantitative estimate of drug-likeness (QED) is 0.556. The normalized spacial score (nSPS) is 23.1. The summed E-state index contributed by atoms with van der Waals surface area (Å²) in [6, 6.07) is 5.09. The van der Waals surface area contributed by atoms with Gasteiger partial charge in [-0.2, -0.15) is 0 Å². The summed E-state index contributed by atoms with van der Waals surface area (Å²) >= 11 is 0. The molecule has 16 heavy (non-hydrogen) atoms. The third-order valence-electron chi connectivity index (χ3n) is 3.03. The van der Waals surface area contributed by atoms with Crippen LogP contribution in [0.25, 0.3) is 0 Å². The van der Waals surface area contributed by atoms with Crippen molar-refractivity contribution in [2.75, 3.05) is 0 Å². The summed E-state index contributed by atoms with van der Waals surface area (Å²) in [6.45, 7) is 4.43. The lowest BCUT2D eigenvalue weighted by Crippen LogP contribution is -2.28. The molecule has 0 aliphatic carbocycles. The van der Waals surface area contributed by atoms with Crippen LogP contribution in [0.15, 0.2) is 29.2 Å². The maximum absolute atomic E-state index is 11.6. The summed E-state index contributed by atoms with van der Waals surface area (Å²) in [4.78, 5) is 11.5. The molecule has 86 valence electrons. The van der Waals surface area contributed by atoms with Crippen molar-refractivity contribution in [2.24, 2.45) is 5.92 Å². The minimum Gasteiger partial charge on any atom is -0.624 e. The van der Waals surface area contributed by atoms with Crippen LogP contribution >= 0.6 is 0 Å². The van der Waals surface area contributed by atoms with E-state index >= 15 is 0 Å². The average molecular weight is 220 g/mol. The van der Waals surface area contributed by atoms with E-state index in [1.54, 1.807) is 23.0 Å². The molecular weight excluding hydrogens is 204 g/mol. The van der Waals surface area contributed by atoms with Gasteiger partial charge in [0, 0.05) is 39.1 Å². The van der Waals surface area contributed by atoms with E-state index in [2.05, 4.69) is 0 Å². The fourth-order valence-electron chi connectivity index (χ4n) is 2.15. The van der Waals surface area contributed by atoms with Crippen molar-refractivity contribution < 1.29 is 4.74 Å². The van der Waals surface area contributed by atoms with Crippen molar-refractivity contribution in [1.29, 1.82) is 0 Å². The Morgan fingerprint density at radius 2 is 2.31 bits per heavy atom. The minimum atomic E-state index is -0.344. The van der Waals surface area contributed by atoms with Gasteiger partial charge in [0.25, 0.3) is 5.56 Å². The highest BCUT2D eigenvalue weighted by molar-refractivity contribution is 5.57. The van der Waals surface area contributed by atoms with Crippen LogP contribution in [0.5, 0.6) is 0 Å². The largest absolute Gasteiger partial charge is 0.624 e. The Labute approximate surface area is 94.4 Å². The van der Waals surface area contributed by atoms with E-state index < -0.39 is 0 Å². The van der Waals surface area contributed by atoms with Crippen LogP contribution in [0.2, 0.25) is 0 Å². The maximum Gasteiger partial charge on any atom is 0.250 e. The van der Waals surface area contributed by atoms with Crippen molar-refractivity contribution in [3.05, 3.63) is 40.0 Å². The summed E-state index contributed by atoms with van der Waals surface area (Å²) in [6.07, 6.45) is 4.23. The lowest BCUT2D eigenvalue weighted by atomic mass is 9.96. The second-order valence-electron chi connectivity index (χ2n) is 4.94. The molecule has 0 fully saturated rings. The summed E-state index contributed by atoms with van der Waals surface area (Å²) in [5, 5.41) is 11.6. The molecule has 0 saturated carbocycles. The van der Waals surface area contributed by atoms with Gasteiger partial charge >= 0.3 is 0 Å². The molecule has 0 aromatic carbocycles. The molecule has 1 aromatic rings. The van der Waals surface area contributed by atoms with E-state index in [0.29, 0.717) is 6.54 Å². The van der Waals surface area contributed by atoms with Crippen molar-refractivity contribution in [3.8, 4) is 0 Å². The molecule has 0 amide bonds. The summed E-state index contributed by atoms with van der Waals surface area (Å²) < 4.78 is 2.65. The molecule has 4 heteroatoms. The summed E-state index contributed by atoms with van der Waals surface area (Å²) in [7, 11) is 0. The van der Waals surface area contributed by atoms with Gasteiger partial charge < -0.3 is 9.77 Å². The highest BCUT2D eigenvalue weighted by Crippen LogP contribution is 2.25. The highest BCUT2D eigenvalue weighted by atomic mass is 16.5. The first kappa shape index (κ1) is 10.9. The molecule has 0 bridgehead atoms. The Kier molecular flexibility index (Phi) is 2.58. The standard InChI is InChI=1S/C12H16N2O2/c1-12(2)7-10(9-14(12)16)8-13-6-4-3-5-11(13)15/h3-6,9-10H,7-8H2,1-2H3. The average Bonchev–Trinajstić information content (AvgIpc) is 2.44. The van der Waals surface area contributed by atoms with Crippen LogP contribution in [0.3, 0.4) is 0 Å². The Bertz CT molecular complexity index is 474. The SMILES string of the molecule is CC1(C)CC(Cn2ccccc2=O)C=[N+]1[O-]. The van der Waals surface area contributed by atoms with E-state index in [9.17, 15) is 10.0 Å². The molecule has 0 saturated heterocycles. The molecule has 0 radical (unpaired) electrons. The fourth-order valence-corrected chi connectivity index (χ4v) is 2.15. The Hall–Kier alpha value is -1.58. The number of aromatic nitrogens is 1. The van der Waals surface area contributed by atoms with E-state index in [1.807, 2.05) is 19.9 Å². The van der Waals surface area contributed by atoms with E-state index in [-0.39, 0.29) is 17.0 Å². The molecule has 1 atom stereocenters. The fraction of sp³-hybridized carbons (Fsp3) is 0.500. The first-order valence-electron chi connectivity index (χ1n) is 5.46. The van der Waals surface area contributed by atoms with Gasteiger partial charge in [-0.3, -0.25) is 4.79 Å². The van der Waals surface area contributed by atoms with Crippen LogP contribution in [0.1, 0.15) is 20.3 Å². The second kappa shape index (κ2) is 3.77. The van der Waals surface area contributed by atoms with Crippen LogP contribution in [0.4, 0.5) is 0 Å². The molecule has 1 aromatic heterocycles. The second-order valence-corrected chi connectivity index (χ2v) is 4.94. The zero-order valence-corrected chi connectivity index (χ0v) is 9.59. The molecule has 1 unspecified atom stereocenters. The molecular formula is C12H16N2O2. The number of nitrogens with zero attached hydrogens (tertiary/aromatic N) is 2. The third kappa shape index (κ3) is 2.01. The molecule has 2 heterocycles. The van der Waals surface area contributed by atoms with Crippen LogP contribution in [0, 0.1) is 11.1 Å². The number of hydrogen-bond acceptors (Lipinski definition) is 2.